The first-order valence-electron chi connectivity index (χ1n) is 10.2. The predicted octanol–water partition coefficient (Wildman–Crippen LogP) is 3.72. The summed E-state index contributed by atoms with van der Waals surface area (Å²) in [6.45, 7) is 1.82. The molecule has 0 bridgehead atoms. The molecule has 0 aliphatic carbocycles. The van der Waals surface area contributed by atoms with E-state index in [2.05, 4.69) is 15.5 Å². The molecule has 0 radical (unpaired) electrons. The second kappa shape index (κ2) is 8.03. The van der Waals surface area contributed by atoms with Crippen LogP contribution in [0.1, 0.15) is 28.6 Å². The van der Waals surface area contributed by atoms with E-state index in [-0.39, 0.29) is 23.5 Å². The van der Waals surface area contributed by atoms with E-state index >= 15 is 0 Å². The highest BCUT2D eigenvalue weighted by Gasteiger charge is 2.31. The Bertz CT molecular complexity index is 1370. The molecule has 0 spiro atoms. The van der Waals surface area contributed by atoms with Crippen LogP contribution in [0.4, 0.5) is 5.82 Å². The van der Waals surface area contributed by atoms with E-state index in [1.165, 1.54) is 0 Å². The highest BCUT2D eigenvalue weighted by Crippen LogP contribution is 2.29. The molecule has 1 N–H and O–H groups in total. The number of aromatic nitrogens is 4. The van der Waals surface area contributed by atoms with Crippen molar-refractivity contribution < 1.29 is 13.2 Å². The Kier molecular flexibility index (Phi) is 5.18. The lowest BCUT2D eigenvalue weighted by molar-refractivity contribution is 0.101. The molecular formula is C22H21N5O3S2. The van der Waals surface area contributed by atoms with Crippen LogP contribution in [0.5, 0.6) is 0 Å². The fourth-order valence-electron chi connectivity index (χ4n) is 3.89. The number of aryl methyl sites for hydroxylation is 1. The Labute approximate surface area is 189 Å². The largest absolute Gasteiger partial charge is 0.305 e. The third-order valence-electron chi connectivity index (χ3n) is 5.37. The van der Waals surface area contributed by atoms with Gasteiger partial charge in [0.2, 0.25) is 0 Å². The van der Waals surface area contributed by atoms with Crippen LogP contribution in [-0.2, 0) is 9.84 Å². The summed E-state index contributed by atoms with van der Waals surface area (Å²) in [6.07, 6.45) is 0.483. The molecule has 4 heterocycles. The van der Waals surface area contributed by atoms with Crippen molar-refractivity contribution in [1.29, 1.82) is 0 Å². The number of para-hydroxylation sites is 1. The topological polar surface area (TPSA) is 98.9 Å². The summed E-state index contributed by atoms with van der Waals surface area (Å²) in [5.41, 5.74) is 2.57. The summed E-state index contributed by atoms with van der Waals surface area (Å²) in [5, 5.41) is 14.0. The van der Waals surface area contributed by atoms with E-state index in [0.29, 0.717) is 29.3 Å². The van der Waals surface area contributed by atoms with Crippen molar-refractivity contribution >= 4 is 32.9 Å². The molecule has 1 fully saturated rings. The number of hydrogen-bond donors (Lipinski definition) is 1. The van der Waals surface area contributed by atoms with Crippen molar-refractivity contribution in [3.05, 3.63) is 71.4 Å². The van der Waals surface area contributed by atoms with Gasteiger partial charge < -0.3 is 5.32 Å². The molecule has 8 nitrogen and oxygen atoms in total. The molecule has 1 atom stereocenters. The molecule has 1 unspecified atom stereocenters. The van der Waals surface area contributed by atoms with Crippen LogP contribution in [0, 0.1) is 6.92 Å². The Morgan fingerprint density at radius 1 is 1.12 bits per heavy atom. The maximum absolute atomic E-state index is 13.4. The van der Waals surface area contributed by atoms with Gasteiger partial charge in [0.25, 0.3) is 5.91 Å². The number of thiophene rings is 1. The minimum absolute atomic E-state index is 0.0292. The first kappa shape index (κ1) is 20.7. The quantitative estimate of drug-likeness (QED) is 0.482. The number of nitrogens with zero attached hydrogens (tertiary/aromatic N) is 4. The third-order valence-corrected chi connectivity index (χ3v) is 8.01. The third kappa shape index (κ3) is 3.98. The molecule has 1 aliphatic heterocycles. The van der Waals surface area contributed by atoms with Gasteiger partial charge in [0.15, 0.2) is 9.84 Å². The number of hydrogen-bond acceptors (Lipinski definition) is 6. The van der Waals surface area contributed by atoms with Gasteiger partial charge in [-0.3, -0.25) is 4.79 Å². The van der Waals surface area contributed by atoms with Crippen LogP contribution in [0.2, 0.25) is 0 Å². The van der Waals surface area contributed by atoms with Gasteiger partial charge in [-0.25, -0.2) is 17.8 Å². The van der Waals surface area contributed by atoms with Gasteiger partial charge >= 0.3 is 0 Å². The summed E-state index contributed by atoms with van der Waals surface area (Å²) >= 11 is 1.55. The number of carbonyl (C=O) groups excluding carboxylic acids is 1. The van der Waals surface area contributed by atoms with Gasteiger partial charge in [-0.05, 0) is 43.0 Å². The summed E-state index contributed by atoms with van der Waals surface area (Å²) in [7, 11) is -3.08. The van der Waals surface area contributed by atoms with E-state index < -0.39 is 9.84 Å². The first-order chi connectivity index (χ1) is 15.4. The Morgan fingerprint density at radius 2 is 1.94 bits per heavy atom. The van der Waals surface area contributed by atoms with Crippen LogP contribution >= 0.6 is 11.3 Å². The molecule has 164 valence electrons. The second-order valence-electron chi connectivity index (χ2n) is 7.77. The van der Waals surface area contributed by atoms with E-state index in [9.17, 15) is 13.2 Å². The molecule has 5 rings (SSSR count). The molecule has 1 amide bonds. The van der Waals surface area contributed by atoms with E-state index in [0.717, 1.165) is 10.6 Å². The minimum Gasteiger partial charge on any atom is -0.305 e. The highest BCUT2D eigenvalue weighted by atomic mass is 32.2. The lowest BCUT2D eigenvalue weighted by atomic mass is 10.2. The lowest BCUT2D eigenvalue weighted by Crippen LogP contribution is -2.21. The van der Waals surface area contributed by atoms with Crippen LogP contribution in [0.15, 0.2) is 60.0 Å². The number of rotatable bonds is 5. The smallest absolute Gasteiger partial charge is 0.275 e. The molecule has 1 aromatic carbocycles. The number of nitrogens with one attached hydrogen (secondary N) is 1. The summed E-state index contributed by atoms with van der Waals surface area (Å²) in [6, 6.07) is 16.6. The van der Waals surface area contributed by atoms with Crippen molar-refractivity contribution in [2.75, 3.05) is 16.8 Å². The zero-order valence-electron chi connectivity index (χ0n) is 17.3. The van der Waals surface area contributed by atoms with Gasteiger partial charge in [-0.15, -0.1) is 11.3 Å². The zero-order valence-corrected chi connectivity index (χ0v) is 18.9. The summed E-state index contributed by atoms with van der Waals surface area (Å²) in [4.78, 5) is 14.3. The summed E-state index contributed by atoms with van der Waals surface area (Å²) in [5.74, 6) is 0.301. The van der Waals surface area contributed by atoms with Crippen LogP contribution < -0.4 is 5.32 Å². The molecule has 10 heteroatoms. The zero-order chi connectivity index (χ0) is 22.3. The molecule has 1 saturated heterocycles. The van der Waals surface area contributed by atoms with Crippen molar-refractivity contribution in [2.24, 2.45) is 0 Å². The molecule has 4 aromatic rings. The fraction of sp³-hybridized carbons (Fsp3) is 0.227. The number of benzene rings is 1. The lowest BCUT2D eigenvalue weighted by Gasteiger charge is -2.14. The molecular weight excluding hydrogens is 446 g/mol. The normalized spacial score (nSPS) is 17.5. The molecule has 1 aliphatic rings. The van der Waals surface area contributed by atoms with Gasteiger partial charge in [0.1, 0.15) is 17.2 Å². The molecule has 32 heavy (non-hydrogen) atoms. The summed E-state index contributed by atoms with van der Waals surface area (Å²) < 4.78 is 27.2. The fourth-order valence-corrected chi connectivity index (χ4v) is 6.26. The standard InChI is InChI=1S/C22H21N5O3S2/c1-15-12-21(27(24-15)17-9-11-32(29,30)14-17)23-22(28)19-13-18(20-8-5-10-31-20)25-26(19)16-6-3-2-4-7-16/h2-8,10,12-13,17H,9,11,14H2,1H3,(H,23,28). The van der Waals surface area contributed by atoms with Gasteiger partial charge in [0.05, 0.1) is 33.8 Å². The van der Waals surface area contributed by atoms with E-state index in [1.54, 1.807) is 32.8 Å². The van der Waals surface area contributed by atoms with Crippen molar-refractivity contribution in [3.8, 4) is 16.3 Å². The van der Waals surface area contributed by atoms with Gasteiger partial charge in [-0.1, -0.05) is 24.3 Å². The van der Waals surface area contributed by atoms with Crippen molar-refractivity contribution in [2.45, 2.75) is 19.4 Å². The van der Waals surface area contributed by atoms with Crippen LogP contribution in [0.3, 0.4) is 0 Å². The minimum atomic E-state index is -3.08. The number of carbonyl (C=O) groups is 1. The predicted molar refractivity (Wildman–Crippen MR) is 124 cm³/mol. The Hall–Kier alpha value is -3.24. The first-order valence-corrected chi connectivity index (χ1v) is 12.9. The maximum Gasteiger partial charge on any atom is 0.275 e. The molecule has 0 saturated carbocycles. The van der Waals surface area contributed by atoms with Crippen LogP contribution in [-0.4, -0.2) is 45.4 Å². The highest BCUT2D eigenvalue weighted by molar-refractivity contribution is 7.91. The van der Waals surface area contributed by atoms with Crippen molar-refractivity contribution in [1.82, 2.24) is 19.6 Å². The number of sulfone groups is 1. The number of anilines is 1. The monoisotopic (exact) mass is 467 g/mol. The second-order valence-corrected chi connectivity index (χ2v) is 10.9. The Morgan fingerprint density at radius 3 is 2.62 bits per heavy atom. The Balaban J connectivity index is 1.50. The van der Waals surface area contributed by atoms with Gasteiger partial charge in [-0.2, -0.15) is 10.2 Å². The van der Waals surface area contributed by atoms with Crippen LogP contribution in [0.25, 0.3) is 16.3 Å². The number of amides is 1. The molecule has 3 aromatic heterocycles. The van der Waals surface area contributed by atoms with E-state index in [4.69, 9.17) is 0 Å². The van der Waals surface area contributed by atoms with Gasteiger partial charge in [0, 0.05) is 6.07 Å². The maximum atomic E-state index is 13.4. The average Bonchev–Trinajstić information content (AvgIpc) is 3.54. The average molecular weight is 468 g/mol. The SMILES string of the molecule is Cc1cc(NC(=O)c2cc(-c3cccs3)nn2-c2ccccc2)n(C2CCS(=O)(=O)C2)n1. The van der Waals surface area contributed by atoms with Crippen molar-refractivity contribution in [3.63, 3.8) is 0 Å². The van der Waals surface area contributed by atoms with E-state index in [1.807, 2.05) is 54.8 Å².